The summed E-state index contributed by atoms with van der Waals surface area (Å²) in [6, 6.07) is 3.62. The Kier molecular flexibility index (Phi) is 4.70. The highest BCUT2D eigenvalue weighted by atomic mass is 16.5. The molecule has 0 unspecified atom stereocenters. The molecule has 0 radical (unpaired) electrons. The Morgan fingerprint density at radius 1 is 1.19 bits per heavy atom. The summed E-state index contributed by atoms with van der Waals surface area (Å²) < 4.78 is 11.1. The van der Waals surface area contributed by atoms with Gasteiger partial charge in [0.25, 0.3) is 5.91 Å². The molecule has 2 aliphatic heterocycles. The molecule has 0 spiro atoms. The number of rotatable bonds is 3. The van der Waals surface area contributed by atoms with E-state index in [9.17, 15) is 4.79 Å². The fraction of sp³-hybridized carbons (Fsp3) is 0.625. The molecule has 1 aromatic heterocycles. The van der Waals surface area contributed by atoms with E-state index in [1.807, 2.05) is 11.0 Å². The van der Waals surface area contributed by atoms with Crippen molar-refractivity contribution in [2.75, 3.05) is 26.3 Å². The quantitative estimate of drug-likeness (QED) is 0.857. The zero-order valence-corrected chi connectivity index (χ0v) is 12.3. The molecule has 1 amide bonds. The second-order valence-electron chi connectivity index (χ2n) is 5.67. The molecule has 1 aromatic rings. The van der Waals surface area contributed by atoms with Crippen molar-refractivity contribution in [1.29, 1.82) is 0 Å². The number of piperidine rings is 1. The highest BCUT2D eigenvalue weighted by Crippen LogP contribution is 2.17. The topological polar surface area (TPSA) is 51.7 Å². The van der Waals surface area contributed by atoms with Crippen molar-refractivity contribution in [3.05, 3.63) is 23.9 Å². The third-order valence-electron chi connectivity index (χ3n) is 4.08. The third kappa shape index (κ3) is 3.73. The maximum Gasteiger partial charge on any atom is 0.255 e. The van der Waals surface area contributed by atoms with Gasteiger partial charge in [-0.05, 0) is 25.3 Å². The highest BCUT2D eigenvalue weighted by Gasteiger charge is 2.19. The van der Waals surface area contributed by atoms with Crippen LogP contribution in [0.4, 0.5) is 0 Å². The lowest BCUT2D eigenvalue weighted by Crippen LogP contribution is -2.35. The number of ether oxygens (including phenoxy) is 2. The molecule has 3 rings (SSSR count). The van der Waals surface area contributed by atoms with Crippen LogP contribution in [0.3, 0.4) is 0 Å². The summed E-state index contributed by atoms with van der Waals surface area (Å²) in [5.74, 6) is 0.678. The Bertz CT molecular complexity index is 463. The molecular weight excluding hydrogens is 268 g/mol. The molecule has 2 fully saturated rings. The molecule has 21 heavy (non-hydrogen) atoms. The number of likely N-dealkylation sites (tertiary alicyclic amines) is 1. The van der Waals surface area contributed by atoms with Crippen LogP contribution in [-0.4, -0.2) is 48.2 Å². The number of hydrogen-bond acceptors (Lipinski definition) is 4. The zero-order valence-electron chi connectivity index (χ0n) is 12.3. The maximum absolute atomic E-state index is 12.3. The first-order valence-corrected chi connectivity index (χ1v) is 7.83. The lowest BCUT2D eigenvalue weighted by molar-refractivity contribution is 0.0237. The number of carbonyl (C=O) groups is 1. The number of nitrogens with zero attached hydrogens (tertiary/aromatic N) is 2. The molecule has 3 heterocycles. The second-order valence-corrected chi connectivity index (χ2v) is 5.67. The Balaban J connectivity index is 1.59. The normalized spacial score (nSPS) is 20.3. The van der Waals surface area contributed by atoms with Crippen LogP contribution in [-0.2, 0) is 4.74 Å². The molecule has 5 nitrogen and oxygen atoms in total. The van der Waals surface area contributed by atoms with Crippen LogP contribution in [0.2, 0.25) is 0 Å². The standard InChI is InChI=1S/C16H22N2O3/c19-16(18-8-2-1-3-9-18)13-4-5-15(17-12-13)21-14-6-10-20-11-7-14/h4-5,12,14H,1-3,6-11H2. The molecule has 0 N–H and O–H groups in total. The Morgan fingerprint density at radius 2 is 1.95 bits per heavy atom. The van der Waals surface area contributed by atoms with Crippen LogP contribution < -0.4 is 4.74 Å². The van der Waals surface area contributed by atoms with Gasteiger partial charge >= 0.3 is 0 Å². The van der Waals surface area contributed by atoms with Gasteiger partial charge in [-0.15, -0.1) is 0 Å². The first-order chi connectivity index (χ1) is 10.3. The van der Waals surface area contributed by atoms with E-state index >= 15 is 0 Å². The summed E-state index contributed by atoms with van der Waals surface area (Å²) in [6.45, 7) is 3.21. The number of pyridine rings is 1. The van der Waals surface area contributed by atoms with Gasteiger partial charge in [-0.25, -0.2) is 4.98 Å². The molecule has 0 saturated carbocycles. The van der Waals surface area contributed by atoms with Crippen LogP contribution in [0.1, 0.15) is 42.5 Å². The van der Waals surface area contributed by atoms with Gasteiger partial charge in [-0.3, -0.25) is 4.79 Å². The number of amides is 1. The Hall–Kier alpha value is -1.62. The molecule has 0 atom stereocenters. The van der Waals surface area contributed by atoms with Gasteiger partial charge in [0.1, 0.15) is 6.10 Å². The van der Waals surface area contributed by atoms with Gasteiger partial charge in [0, 0.05) is 38.2 Å². The fourth-order valence-corrected chi connectivity index (χ4v) is 2.82. The van der Waals surface area contributed by atoms with Crippen molar-refractivity contribution in [3.63, 3.8) is 0 Å². The molecular formula is C16H22N2O3. The van der Waals surface area contributed by atoms with Crippen molar-refractivity contribution >= 4 is 5.91 Å². The highest BCUT2D eigenvalue weighted by molar-refractivity contribution is 5.94. The maximum atomic E-state index is 12.3. The van der Waals surface area contributed by atoms with E-state index < -0.39 is 0 Å². The van der Waals surface area contributed by atoms with Crippen LogP contribution in [0.5, 0.6) is 5.88 Å². The number of carbonyl (C=O) groups excluding carboxylic acids is 1. The van der Waals surface area contributed by atoms with Crippen molar-refractivity contribution in [1.82, 2.24) is 9.88 Å². The van der Waals surface area contributed by atoms with Gasteiger partial charge in [0.05, 0.1) is 18.8 Å². The van der Waals surface area contributed by atoms with Gasteiger partial charge in [-0.1, -0.05) is 0 Å². The van der Waals surface area contributed by atoms with Gasteiger partial charge in [0.15, 0.2) is 0 Å². The lowest BCUT2D eigenvalue weighted by Gasteiger charge is -2.26. The summed E-state index contributed by atoms with van der Waals surface area (Å²) >= 11 is 0. The van der Waals surface area contributed by atoms with Gasteiger partial charge < -0.3 is 14.4 Å². The van der Waals surface area contributed by atoms with E-state index in [1.54, 1.807) is 12.3 Å². The summed E-state index contributed by atoms with van der Waals surface area (Å²) in [4.78, 5) is 18.5. The number of aromatic nitrogens is 1. The first-order valence-electron chi connectivity index (χ1n) is 7.83. The largest absolute Gasteiger partial charge is 0.474 e. The molecule has 0 aromatic carbocycles. The van der Waals surface area contributed by atoms with Crippen molar-refractivity contribution in [3.8, 4) is 5.88 Å². The van der Waals surface area contributed by atoms with E-state index in [1.165, 1.54) is 6.42 Å². The summed E-state index contributed by atoms with van der Waals surface area (Å²) in [5, 5.41) is 0. The minimum Gasteiger partial charge on any atom is -0.474 e. The van der Waals surface area contributed by atoms with Crippen LogP contribution >= 0.6 is 0 Å². The molecule has 2 saturated heterocycles. The molecule has 0 bridgehead atoms. The van der Waals surface area contributed by atoms with Gasteiger partial charge in [0.2, 0.25) is 5.88 Å². The fourth-order valence-electron chi connectivity index (χ4n) is 2.82. The number of hydrogen-bond donors (Lipinski definition) is 0. The average molecular weight is 290 g/mol. The van der Waals surface area contributed by atoms with Crippen LogP contribution in [0.25, 0.3) is 0 Å². The van der Waals surface area contributed by atoms with E-state index in [4.69, 9.17) is 9.47 Å². The van der Waals surface area contributed by atoms with Crippen molar-refractivity contribution in [2.45, 2.75) is 38.2 Å². The van der Waals surface area contributed by atoms with Gasteiger partial charge in [-0.2, -0.15) is 0 Å². The third-order valence-corrected chi connectivity index (χ3v) is 4.08. The average Bonchev–Trinajstić information content (AvgIpc) is 2.57. The SMILES string of the molecule is O=C(c1ccc(OC2CCOCC2)nc1)N1CCCCC1. The van der Waals surface area contributed by atoms with E-state index in [2.05, 4.69) is 4.98 Å². The predicted octanol–water partition coefficient (Wildman–Crippen LogP) is 2.27. The van der Waals surface area contributed by atoms with E-state index in [0.29, 0.717) is 11.4 Å². The van der Waals surface area contributed by atoms with E-state index in [0.717, 1.165) is 52.0 Å². The molecule has 0 aliphatic carbocycles. The summed E-state index contributed by atoms with van der Waals surface area (Å²) in [5.41, 5.74) is 0.649. The van der Waals surface area contributed by atoms with Crippen molar-refractivity contribution in [2.24, 2.45) is 0 Å². The minimum absolute atomic E-state index is 0.0832. The molecule has 114 valence electrons. The van der Waals surface area contributed by atoms with Crippen molar-refractivity contribution < 1.29 is 14.3 Å². The minimum atomic E-state index is 0.0832. The predicted molar refractivity (Wildman–Crippen MR) is 78.5 cm³/mol. The van der Waals surface area contributed by atoms with Crippen LogP contribution in [0.15, 0.2) is 18.3 Å². The molecule has 2 aliphatic rings. The van der Waals surface area contributed by atoms with E-state index in [-0.39, 0.29) is 12.0 Å². The molecule has 5 heteroatoms. The summed E-state index contributed by atoms with van der Waals surface area (Å²) in [6.07, 6.45) is 7.03. The Labute approximate surface area is 125 Å². The second kappa shape index (κ2) is 6.89. The summed E-state index contributed by atoms with van der Waals surface area (Å²) in [7, 11) is 0. The zero-order chi connectivity index (χ0) is 14.5. The van der Waals surface area contributed by atoms with Crippen LogP contribution in [0, 0.1) is 0 Å². The smallest absolute Gasteiger partial charge is 0.255 e. The Morgan fingerprint density at radius 3 is 2.62 bits per heavy atom. The first kappa shape index (κ1) is 14.3. The monoisotopic (exact) mass is 290 g/mol. The lowest BCUT2D eigenvalue weighted by atomic mass is 10.1.